The van der Waals surface area contributed by atoms with Gasteiger partial charge in [0.05, 0.1) is 6.04 Å². The molecule has 0 bridgehead atoms. The number of aromatic amines is 1. The van der Waals surface area contributed by atoms with E-state index in [0.29, 0.717) is 6.42 Å². The first-order valence-electron chi connectivity index (χ1n) is 8.35. The fourth-order valence-electron chi connectivity index (χ4n) is 2.81. The fraction of sp³-hybridized carbons (Fsp3) is 0.190. The van der Waals surface area contributed by atoms with Gasteiger partial charge in [0, 0.05) is 30.1 Å². The number of anilines is 1. The molecule has 1 aromatic heterocycles. The Morgan fingerprint density at radius 2 is 1.75 bits per heavy atom. The van der Waals surface area contributed by atoms with Crippen LogP contribution in [0.1, 0.15) is 47.3 Å². The van der Waals surface area contributed by atoms with Gasteiger partial charge < -0.3 is 10.3 Å². The quantitative estimate of drug-likeness (QED) is 0.588. The number of hydrogen-bond donors (Lipinski definition) is 2. The highest BCUT2D eigenvalue weighted by Gasteiger charge is 2.14. The second-order valence-electron chi connectivity index (χ2n) is 5.88. The van der Waals surface area contributed by atoms with Gasteiger partial charge in [0.15, 0.2) is 5.78 Å². The summed E-state index contributed by atoms with van der Waals surface area (Å²) in [6, 6.07) is 20.2. The predicted molar refractivity (Wildman–Crippen MR) is 98.4 cm³/mol. The standard InChI is InChI=1S/C21H22N2O/c1-2-6-20(24)16-9-11-19(12-10-16)23-21(18-13-14-22-15-18)17-7-4-3-5-8-17/h3-5,7-15,21-23H,2,6H2,1H3. The normalized spacial score (nSPS) is 11.9. The molecule has 0 fully saturated rings. The molecule has 3 rings (SSSR count). The number of benzene rings is 2. The van der Waals surface area contributed by atoms with E-state index < -0.39 is 0 Å². The molecule has 0 amide bonds. The van der Waals surface area contributed by atoms with E-state index in [-0.39, 0.29) is 11.8 Å². The van der Waals surface area contributed by atoms with Crippen LogP contribution in [0.25, 0.3) is 0 Å². The van der Waals surface area contributed by atoms with E-state index in [4.69, 9.17) is 0 Å². The van der Waals surface area contributed by atoms with Crippen LogP contribution in [0.4, 0.5) is 5.69 Å². The molecular weight excluding hydrogens is 296 g/mol. The van der Waals surface area contributed by atoms with Crippen LogP contribution >= 0.6 is 0 Å². The average Bonchev–Trinajstić information content (AvgIpc) is 3.15. The third kappa shape index (κ3) is 3.74. The van der Waals surface area contributed by atoms with Crippen LogP contribution in [0, 0.1) is 0 Å². The maximum atomic E-state index is 12.0. The smallest absolute Gasteiger partial charge is 0.162 e. The molecule has 0 aliphatic rings. The second-order valence-corrected chi connectivity index (χ2v) is 5.88. The lowest BCUT2D eigenvalue weighted by molar-refractivity contribution is 0.0982. The topological polar surface area (TPSA) is 44.9 Å². The van der Waals surface area contributed by atoms with Crippen molar-refractivity contribution in [2.45, 2.75) is 25.8 Å². The number of carbonyl (C=O) groups excluding carboxylic acids is 1. The molecule has 0 radical (unpaired) electrons. The number of rotatable bonds is 7. The van der Waals surface area contributed by atoms with E-state index in [1.54, 1.807) is 0 Å². The Labute approximate surface area is 142 Å². The highest BCUT2D eigenvalue weighted by molar-refractivity contribution is 5.96. The molecule has 3 aromatic rings. The molecule has 0 spiro atoms. The van der Waals surface area contributed by atoms with E-state index in [1.165, 1.54) is 11.1 Å². The Kier molecular flexibility index (Phi) is 5.12. The van der Waals surface area contributed by atoms with Crippen LogP contribution < -0.4 is 5.32 Å². The number of carbonyl (C=O) groups is 1. The van der Waals surface area contributed by atoms with Gasteiger partial charge >= 0.3 is 0 Å². The molecule has 1 atom stereocenters. The summed E-state index contributed by atoms with van der Waals surface area (Å²) < 4.78 is 0. The van der Waals surface area contributed by atoms with Crippen LogP contribution in [0.3, 0.4) is 0 Å². The third-order valence-corrected chi connectivity index (χ3v) is 4.08. The van der Waals surface area contributed by atoms with E-state index in [9.17, 15) is 4.79 Å². The molecule has 2 aromatic carbocycles. The molecular formula is C21H22N2O. The van der Waals surface area contributed by atoms with Gasteiger partial charge in [0.2, 0.25) is 0 Å². The molecule has 24 heavy (non-hydrogen) atoms. The van der Waals surface area contributed by atoms with Crippen molar-refractivity contribution >= 4 is 11.5 Å². The molecule has 3 heteroatoms. The average molecular weight is 318 g/mol. The molecule has 0 aliphatic carbocycles. The lowest BCUT2D eigenvalue weighted by atomic mass is 10.0. The minimum absolute atomic E-state index is 0.0645. The van der Waals surface area contributed by atoms with Gasteiger partial charge in [-0.2, -0.15) is 0 Å². The molecule has 0 aliphatic heterocycles. The number of Topliss-reactive ketones (excluding diaryl/α,β-unsaturated/α-hetero) is 1. The van der Waals surface area contributed by atoms with Gasteiger partial charge in [-0.25, -0.2) is 0 Å². The summed E-state index contributed by atoms with van der Waals surface area (Å²) in [5.41, 5.74) is 4.15. The zero-order valence-electron chi connectivity index (χ0n) is 13.8. The Morgan fingerprint density at radius 3 is 2.38 bits per heavy atom. The van der Waals surface area contributed by atoms with Gasteiger partial charge in [0.1, 0.15) is 0 Å². The Bertz CT molecular complexity index is 761. The van der Waals surface area contributed by atoms with Crippen molar-refractivity contribution in [1.82, 2.24) is 4.98 Å². The molecule has 0 saturated carbocycles. The number of hydrogen-bond acceptors (Lipinski definition) is 2. The lowest BCUT2D eigenvalue weighted by Gasteiger charge is -2.20. The Morgan fingerprint density at radius 1 is 1.00 bits per heavy atom. The van der Waals surface area contributed by atoms with Crippen LogP contribution in [-0.4, -0.2) is 10.8 Å². The zero-order valence-corrected chi connectivity index (χ0v) is 13.8. The van der Waals surface area contributed by atoms with Crippen molar-refractivity contribution in [2.24, 2.45) is 0 Å². The second kappa shape index (κ2) is 7.64. The molecule has 0 saturated heterocycles. The first-order chi connectivity index (χ1) is 11.8. The molecule has 1 heterocycles. The summed E-state index contributed by atoms with van der Waals surface area (Å²) in [7, 11) is 0. The number of nitrogens with one attached hydrogen (secondary N) is 2. The van der Waals surface area contributed by atoms with Gasteiger partial charge in [0.25, 0.3) is 0 Å². The largest absolute Gasteiger partial charge is 0.374 e. The first-order valence-corrected chi connectivity index (χ1v) is 8.35. The van der Waals surface area contributed by atoms with Crippen molar-refractivity contribution in [3.05, 3.63) is 89.7 Å². The minimum Gasteiger partial charge on any atom is -0.374 e. The van der Waals surface area contributed by atoms with E-state index in [1.807, 2.05) is 61.8 Å². The van der Waals surface area contributed by atoms with Crippen molar-refractivity contribution in [2.75, 3.05) is 5.32 Å². The molecule has 122 valence electrons. The summed E-state index contributed by atoms with van der Waals surface area (Å²) in [5.74, 6) is 0.203. The summed E-state index contributed by atoms with van der Waals surface area (Å²) in [4.78, 5) is 15.1. The van der Waals surface area contributed by atoms with E-state index in [2.05, 4.69) is 28.5 Å². The van der Waals surface area contributed by atoms with Gasteiger partial charge in [-0.3, -0.25) is 4.79 Å². The monoisotopic (exact) mass is 318 g/mol. The molecule has 1 unspecified atom stereocenters. The zero-order chi connectivity index (χ0) is 16.8. The SMILES string of the molecule is CCCC(=O)c1ccc(NC(c2ccccc2)c2cc[nH]c2)cc1. The Balaban J connectivity index is 1.82. The van der Waals surface area contributed by atoms with Crippen molar-refractivity contribution < 1.29 is 4.79 Å². The lowest BCUT2D eigenvalue weighted by Crippen LogP contribution is -2.11. The van der Waals surface area contributed by atoms with Gasteiger partial charge in [-0.1, -0.05) is 37.3 Å². The summed E-state index contributed by atoms with van der Waals surface area (Å²) in [6.45, 7) is 2.02. The van der Waals surface area contributed by atoms with Crippen molar-refractivity contribution in [1.29, 1.82) is 0 Å². The first kappa shape index (κ1) is 16.1. The van der Waals surface area contributed by atoms with E-state index >= 15 is 0 Å². The Hall–Kier alpha value is -2.81. The summed E-state index contributed by atoms with van der Waals surface area (Å²) in [5, 5.41) is 3.56. The highest BCUT2D eigenvalue weighted by Crippen LogP contribution is 2.26. The van der Waals surface area contributed by atoms with Crippen molar-refractivity contribution in [3.8, 4) is 0 Å². The molecule has 3 nitrogen and oxygen atoms in total. The van der Waals surface area contributed by atoms with Crippen LogP contribution in [0.2, 0.25) is 0 Å². The maximum absolute atomic E-state index is 12.0. The third-order valence-electron chi connectivity index (χ3n) is 4.08. The highest BCUT2D eigenvalue weighted by atomic mass is 16.1. The van der Waals surface area contributed by atoms with E-state index in [0.717, 1.165) is 17.7 Å². The van der Waals surface area contributed by atoms with Crippen LogP contribution in [0.15, 0.2) is 73.1 Å². The van der Waals surface area contributed by atoms with Crippen LogP contribution in [0.5, 0.6) is 0 Å². The number of H-pyrrole nitrogens is 1. The summed E-state index contributed by atoms with van der Waals surface area (Å²) in [6.07, 6.45) is 5.41. The predicted octanol–water partition coefficient (Wildman–Crippen LogP) is 5.20. The summed E-state index contributed by atoms with van der Waals surface area (Å²) >= 11 is 0. The van der Waals surface area contributed by atoms with Crippen LogP contribution in [-0.2, 0) is 0 Å². The molecule has 2 N–H and O–H groups in total. The maximum Gasteiger partial charge on any atom is 0.162 e. The minimum atomic E-state index is 0.0645. The fourth-order valence-corrected chi connectivity index (χ4v) is 2.81. The van der Waals surface area contributed by atoms with Gasteiger partial charge in [-0.05, 0) is 47.9 Å². The number of aromatic nitrogens is 1. The van der Waals surface area contributed by atoms with Crippen molar-refractivity contribution in [3.63, 3.8) is 0 Å². The number of ketones is 1. The van der Waals surface area contributed by atoms with Gasteiger partial charge in [-0.15, -0.1) is 0 Å².